The summed E-state index contributed by atoms with van der Waals surface area (Å²) in [5.41, 5.74) is 2.26. The summed E-state index contributed by atoms with van der Waals surface area (Å²) < 4.78 is 30.2. The van der Waals surface area contributed by atoms with Crippen LogP contribution in [0.25, 0.3) is 6.08 Å². The molecule has 34 heavy (non-hydrogen) atoms. The number of hydrogen-bond acceptors (Lipinski definition) is 6. The second-order valence-corrected chi connectivity index (χ2v) is 9.20. The fraction of sp³-hybridized carbons (Fsp3) is 0.0800. The number of benzene rings is 3. The van der Waals surface area contributed by atoms with Gasteiger partial charge in [-0.25, -0.2) is 9.69 Å². The van der Waals surface area contributed by atoms with Crippen LogP contribution in [0.15, 0.2) is 83.3 Å². The van der Waals surface area contributed by atoms with Crippen LogP contribution in [0, 0.1) is 13.8 Å². The van der Waals surface area contributed by atoms with Crippen molar-refractivity contribution in [3.8, 4) is 5.75 Å². The smallest absolute Gasteiger partial charge is 0.339 e. The van der Waals surface area contributed by atoms with Crippen molar-refractivity contribution in [1.82, 2.24) is 5.32 Å². The molecule has 1 N–H and O–H groups in total. The van der Waals surface area contributed by atoms with Gasteiger partial charge in [-0.15, -0.1) is 0 Å². The first-order chi connectivity index (χ1) is 16.2. The largest absolute Gasteiger partial charge is 0.379 e. The Morgan fingerprint density at radius 1 is 0.853 bits per heavy atom. The zero-order valence-electron chi connectivity index (χ0n) is 18.3. The quantitative estimate of drug-likeness (QED) is 0.341. The zero-order chi connectivity index (χ0) is 24.5. The van der Waals surface area contributed by atoms with Crippen LogP contribution in [0.4, 0.5) is 10.5 Å². The Labute approximate surface area is 196 Å². The van der Waals surface area contributed by atoms with Gasteiger partial charge in [-0.05, 0) is 73.0 Å². The predicted molar refractivity (Wildman–Crippen MR) is 126 cm³/mol. The summed E-state index contributed by atoms with van der Waals surface area (Å²) in [6.45, 7) is 3.75. The van der Waals surface area contributed by atoms with E-state index in [9.17, 15) is 22.8 Å². The van der Waals surface area contributed by atoms with E-state index in [2.05, 4.69) is 5.32 Å². The molecule has 1 heterocycles. The lowest BCUT2D eigenvalue weighted by molar-refractivity contribution is -0.122. The van der Waals surface area contributed by atoms with Crippen LogP contribution < -0.4 is 14.4 Å². The lowest BCUT2D eigenvalue weighted by Gasteiger charge is -2.26. The van der Waals surface area contributed by atoms with E-state index in [0.29, 0.717) is 11.3 Å². The van der Waals surface area contributed by atoms with Gasteiger partial charge in [-0.2, -0.15) is 8.42 Å². The molecule has 9 heteroatoms. The predicted octanol–water partition coefficient (Wildman–Crippen LogP) is 3.74. The third kappa shape index (κ3) is 4.60. The van der Waals surface area contributed by atoms with Crippen LogP contribution in [-0.4, -0.2) is 26.3 Å². The van der Waals surface area contributed by atoms with Gasteiger partial charge in [-0.1, -0.05) is 36.4 Å². The molecule has 0 bridgehead atoms. The van der Waals surface area contributed by atoms with Gasteiger partial charge in [0.2, 0.25) is 0 Å². The summed E-state index contributed by atoms with van der Waals surface area (Å²) in [7, 11) is -4.06. The van der Waals surface area contributed by atoms with Gasteiger partial charge in [-0.3, -0.25) is 14.9 Å². The Hall–Kier alpha value is -4.24. The summed E-state index contributed by atoms with van der Waals surface area (Å²) in [6.07, 6.45) is 1.28. The Morgan fingerprint density at radius 3 is 2.29 bits per heavy atom. The van der Waals surface area contributed by atoms with Crippen molar-refractivity contribution in [2.45, 2.75) is 18.7 Å². The van der Waals surface area contributed by atoms with Crippen molar-refractivity contribution in [2.75, 3.05) is 4.90 Å². The molecule has 0 unspecified atom stereocenters. The second-order valence-electron chi connectivity index (χ2n) is 7.65. The fourth-order valence-corrected chi connectivity index (χ4v) is 4.29. The summed E-state index contributed by atoms with van der Waals surface area (Å²) in [6, 6.07) is 17.8. The number of carbonyl (C=O) groups excluding carboxylic acids is 3. The number of imide groups is 2. The van der Waals surface area contributed by atoms with E-state index in [1.807, 2.05) is 13.8 Å². The SMILES string of the molecule is Cc1ccc(N2C(=O)NC(=O)/C(=C/c3cccc(OS(=O)(=O)c4ccccc4)c3)C2=O)cc1C. The first-order valence-corrected chi connectivity index (χ1v) is 11.6. The Bertz CT molecular complexity index is 1450. The van der Waals surface area contributed by atoms with Gasteiger partial charge in [0, 0.05) is 0 Å². The minimum Gasteiger partial charge on any atom is -0.379 e. The average Bonchev–Trinajstić information content (AvgIpc) is 2.79. The lowest BCUT2D eigenvalue weighted by Crippen LogP contribution is -2.54. The summed E-state index contributed by atoms with van der Waals surface area (Å²) in [5.74, 6) is -1.64. The van der Waals surface area contributed by atoms with E-state index in [1.54, 1.807) is 42.5 Å². The van der Waals surface area contributed by atoms with Crippen molar-refractivity contribution in [3.05, 3.63) is 95.1 Å². The first-order valence-electron chi connectivity index (χ1n) is 10.2. The van der Waals surface area contributed by atoms with Crippen LogP contribution in [-0.2, 0) is 19.7 Å². The molecule has 3 aromatic carbocycles. The Kier molecular flexibility index (Phi) is 6.04. The van der Waals surface area contributed by atoms with Gasteiger partial charge in [0.05, 0.1) is 5.69 Å². The molecule has 0 atom stereocenters. The fourth-order valence-electron chi connectivity index (χ4n) is 3.34. The topological polar surface area (TPSA) is 110 Å². The third-order valence-corrected chi connectivity index (χ3v) is 6.52. The molecule has 172 valence electrons. The van der Waals surface area contributed by atoms with Crippen molar-refractivity contribution in [2.24, 2.45) is 0 Å². The summed E-state index contributed by atoms with van der Waals surface area (Å²) in [5, 5.41) is 2.17. The molecule has 0 aromatic heterocycles. The molecule has 0 saturated carbocycles. The number of urea groups is 1. The number of barbiturate groups is 1. The lowest BCUT2D eigenvalue weighted by atomic mass is 10.1. The number of aryl methyl sites for hydroxylation is 2. The maximum absolute atomic E-state index is 13.1. The molecule has 4 amide bonds. The molecule has 0 aliphatic carbocycles. The highest BCUT2D eigenvalue weighted by Gasteiger charge is 2.36. The third-order valence-electron chi connectivity index (χ3n) is 5.26. The number of hydrogen-bond donors (Lipinski definition) is 1. The number of carbonyl (C=O) groups is 3. The Morgan fingerprint density at radius 2 is 1.59 bits per heavy atom. The normalized spacial score (nSPS) is 15.4. The molecular weight excluding hydrogens is 456 g/mol. The molecule has 0 radical (unpaired) electrons. The van der Waals surface area contributed by atoms with E-state index in [0.717, 1.165) is 16.0 Å². The minimum absolute atomic E-state index is 0.00367. The van der Waals surface area contributed by atoms with Crippen molar-refractivity contribution >= 4 is 39.7 Å². The highest BCUT2D eigenvalue weighted by Crippen LogP contribution is 2.25. The van der Waals surface area contributed by atoms with Crippen LogP contribution in [0.3, 0.4) is 0 Å². The van der Waals surface area contributed by atoms with E-state index < -0.39 is 28.0 Å². The molecule has 1 aliphatic heterocycles. The average molecular weight is 477 g/mol. The molecule has 1 aliphatic rings. The standard InChI is InChI=1S/C25H20N2O6S/c1-16-11-12-19(13-17(16)2)27-24(29)22(23(28)26-25(27)30)15-18-7-6-8-20(14-18)33-34(31,32)21-9-4-3-5-10-21/h3-15H,1-2H3,(H,26,28,30)/b22-15-. The number of nitrogens with one attached hydrogen (secondary N) is 1. The molecule has 1 saturated heterocycles. The Balaban J connectivity index is 1.65. The van der Waals surface area contributed by atoms with Gasteiger partial charge < -0.3 is 4.18 Å². The van der Waals surface area contributed by atoms with Crippen LogP contribution in [0.1, 0.15) is 16.7 Å². The van der Waals surface area contributed by atoms with Crippen LogP contribution in [0.5, 0.6) is 5.75 Å². The molecular formula is C25H20N2O6S. The molecule has 1 fully saturated rings. The van der Waals surface area contributed by atoms with Gasteiger partial charge in [0.1, 0.15) is 16.2 Å². The van der Waals surface area contributed by atoms with Gasteiger partial charge in [0.25, 0.3) is 11.8 Å². The summed E-state index contributed by atoms with van der Waals surface area (Å²) in [4.78, 5) is 38.8. The maximum Gasteiger partial charge on any atom is 0.339 e. The molecule has 4 rings (SSSR count). The minimum atomic E-state index is -4.06. The van der Waals surface area contributed by atoms with Gasteiger partial charge in [0.15, 0.2) is 0 Å². The van der Waals surface area contributed by atoms with Gasteiger partial charge >= 0.3 is 16.1 Å². The highest BCUT2D eigenvalue weighted by atomic mass is 32.2. The van der Waals surface area contributed by atoms with E-state index in [1.165, 1.54) is 36.4 Å². The van der Waals surface area contributed by atoms with Crippen molar-refractivity contribution < 1.29 is 27.0 Å². The highest BCUT2D eigenvalue weighted by molar-refractivity contribution is 7.87. The van der Waals surface area contributed by atoms with Crippen molar-refractivity contribution in [1.29, 1.82) is 0 Å². The monoisotopic (exact) mass is 476 g/mol. The number of anilines is 1. The first kappa shape index (κ1) is 22.9. The van der Waals surface area contributed by atoms with Crippen molar-refractivity contribution in [3.63, 3.8) is 0 Å². The molecule has 0 spiro atoms. The van der Waals surface area contributed by atoms with Crippen LogP contribution >= 0.6 is 0 Å². The van der Waals surface area contributed by atoms with E-state index in [4.69, 9.17) is 4.18 Å². The molecule has 3 aromatic rings. The number of amides is 4. The number of nitrogens with zero attached hydrogens (tertiary/aromatic N) is 1. The molecule has 8 nitrogen and oxygen atoms in total. The maximum atomic E-state index is 13.1. The number of rotatable bonds is 5. The summed E-state index contributed by atoms with van der Waals surface area (Å²) >= 11 is 0. The van der Waals surface area contributed by atoms with E-state index in [-0.39, 0.29) is 16.2 Å². The van der Waals surface area contributed by atoms with Crippen LogP contribution in [0.2, 0.25) is 0 Å². The zero-order valence-corrected chi connectivity index (χ0v) is 19.1. The second kappa shape index (κ2) is 8.95. The van der Waals surface area contributed by atoms with E-state index >= 15 is 0 Å².